The number of anilines is 1. The second-order valence-electron chi connectivity index (χ2n) is 6.50. The lowest BCUT2D eigenvalue weighted by Gasteiger charge is -2.12. The van der Waals surface area contributed by atoms with Gasteiger partial charge in [-0.2, -0.15) is 0 Å². The minimum Gasteiger partial charge on any atom is -0.321 e. The van der Waals surface area contributed by atoms with Crippen molar-refractivity contribution in [1.82, 2.24) is 9.38 Å². The lowest BCUT2D eigenvalue weighted by atomic mass is 10.1. The Morgan fingerprint density at radius 3 is 2.68 bits per heavy atom. The van der Waals surface area contributed by atoms with Crippen molar-refractivity contribution in [3.63, 3.8) is 0 Å². The van der Waals surface area contributed by atoms with Crippen molar-refractivity contribution in [1.29, 1.82) is 0 Å². The lowest BCUT2D eigenvalue weighted by Crippen LogP contribution is -2.27. The number of thiazole rings is 1. The first kappa shape index (κ1) is 18.1. The fourth-order valence-corrected chi connectivity index (χ4v) is 4.10. The van der Waals surface area contributed by atoms with Gasteiger partial charge in [-0.15, -0.1) is 11.3 Å². The van der Waals surface area contributed by atoms with Crippen LogP contribution < -0.4 is 10.9 Å². The van der Waals surface area contributed by atoms with Gasteiger partial charge in [-0.3, -0.25) is 14.0 Å². The van der Waals surface area contributed by atoms with E-state index in [0.29, 0.717) is 4.96 Å². The number of benzene rings is 2. The van der Waals surface area contributed by atoms with E-state index in [1.807, 2.05) is 67.8 Å². The predicted molar refractivity (Wildman–Crippen MR) is 113 cm³/mol. The molecule has 0 radical (unpaired) electrons. The summed E-state index contributed by atoms with van der Waals surface area (Å²) >= 11 is 1.38. The maximum absolute atomic E-state index is 13.1. The molecule has 4 aromatic rings. The Kier molecular flexibility index (Phi) is 4.79. The zero-order valence-electron chi connectivity index (χ0n) is 15.6. The van der Waals surface area contributed by atoms with E-state index in [0.717, 1.165) is 34.5 Å². The second kappa shape index (κ2) is 7.40. The molecule has 0 spiro atoms. The number of para-hydroxylation sites is 1. The van der Waals surface area contributed by atoms with Gasteiger partial charge in [0.05, 0.1) is 5.69 Å². The quantitative estimate of drug-likeness (QED) is 0.557. The number of aromatic nitrogens is 2. The Morgan fingerprint density at radius 1 is 1.14 bits per heavy atom. The smallest absolute Gasteiger partial charge is 0.271 e. The average Bonchev–Trinajstić information content (AvgIpc) is 3.15. The number of hydrogen-bond acceptors (Lipinski definition) is 4. The summed E-state index contributed by atoms with van der Waals surface area (Å²) in [5.74, 6) is -0.443. The molecule has 1 N–H and O–H groups in total. The van der Waals surface area contributed by atoms with Gasteiger partial charge in [-0.1, -0.05) is 55.5 Å². The molecule has 0 saturated carbocycles. The van der Waals surface area contributed by atoms with Gasteiger partial charge >= 0.3 is 0 Å². The van der Waals surface area contributed by atoms with Gasteiger partial charge in [0.2, 0.25) is 0 Å². The van der Waals surface area contributed by atoms with Crippen LogP contribution in [0.4, 0.5) is 5.69 Å². The molecule has 0 saturated heterocycles. The monoisotopic (exact) mass is 389 g/mol. The lowest BCUT2D eigenvalue weighted by molar-refractivity contribution is 0.102. The van der Waals surface area contributed by atoms with Gasteiger partial charge in [0.1, 0.15) is 5.56 Å². The Morgan fingerprint density at radius 2 is 1.93 bits per heavy atom. The Labute approximate surface area is 166 Å². The van der Waals surface area contributed by atoms with Gasteiger partial charge in [0.25, 0.3) is 11.5 Å². The van der Waals surface area contributed by atoms with E-state index in [9.17, 15) is 9.59 Å². The van der Waals surface area contributed by atoms with Gasteiger partial charge in [-0.25, -0.2) is 4.98 Å². The Bertz CT molecular complexity index is 1230. The molecule has 2 aromatic heterocycles. The molecule has 0 unspecified atom stereocenters. The summed E-state index contributed by atoms with van der Waals surface area (Å²) in [7, 11) is 0. The number of carbonyl (C=O) groups is 1. The molecule has 140 valence electrons. The van der Waals surface area contributed by atoms with Gasteiger partial charge in [0.15, 0.2) is 4.96 Å². The first-order valence-corrected chi connectivity index (χ1v) is 9.92. The van der Waals surface area contributed by atoms with E-state index in [2.05, 4.69) is 10.3 Å². The van der Waals surface area contributed by atoms with Crippen molar-refractivity contribution < 1.29 is 4.79 Å². The Balaban J connectivity index is 1.79. The summed E-state index contributed by atoms with van der Waals surface area (Å²) in [5, 5.41) is 4.80. The van der Waals surface area contributed by atoms with E-state index in [4.69, 9.17) is 0 Å². The Hall–Kier alpha value is -3.25. The first-order chi connectivity index (χ1) is 13.6. The molecule has 1 amide bonds. The predicted octanol–water partition coefficient (Wildman–Crippen LogP) is 4.55. The topological polar surface area (TPSA) is 63.5 Å². The van der Waals surface area contributed by atoms with E-state index in [1.54, 1.807) is 0 Å². The van der Waals surface area contributed by atoms with Crippen LogP contribution in [0.25, 0.3) is 16.2 Å². The molecule has 28 heavy (non-hydrogen) atoms. The fraction of sp³-hybridized carbons (Fsp3) is 0.136. The first-order valence-electron chi connectivity index (χ1n) is 9.04. The number of nitrogens with zero attached hydrogens (tertiary/aromatic N) is 2. The molecule has 6 heteroatoms. The summed E-state index contributed by atoms with van der Waals surface area (Å²) in [5.41, 5.74) is 4.05. The summed E-state index contributed by atoms with van der Waals surface area (Å²) in [4.78, 5) is 30.9. The van der Waals surface area contributed by atoms with Crippen LogP contribution in [0.2, 0.25) is 0 Å². The maximum Gasteiger partial charge on any atom is 0.271 e. The molecule has 0 aliphatic rings. The molecule has 5 nitrogen and oxygen atoms in total. The molecule has 0 aliphatic carbocycles. The van der Waals surface area contributed by atoms with Crippen LogP contribution in [0.1, 0.15) is 28.4 Å². The van der Waals surface area contributed by atoms with E-state index < -0.39 is 5.91 Å². The van der Waals surface area contributed by atoms with Crippen molar-refractivity contribution in [3.8, 4) is 11.3 Å². The zero-order valence-corrected chi connectivity index (χ0v) is 16.4. The molecule has 2 aromatic carbocycles. The highest BCUT2D eigenvalue weighted by Crippen LogP contribution is 2.24. The third-order valence-electron chi connectivity index (χ3n) is 4.74. The third-order valence-corrected chi connectivity index (χ3v) is 5.58. The molecule has 2 heterocycles. The van der Waals surface area contributed by atoms with E-state index in [-0.39, 0.29) is 11.1 Å². The number of amides is 1. The number of fused-ring (bicyclic) bond motifs is 1. The van der Waals surface area contributed by atoms with Crippen LogP contribution in [0.3, 0.4) is 0 Å². The van der Waals surface area contributed by atoms with Crippen LogP contribution in [0.5, 0.6) is 0 Å². The number of hydrogen-bond donors (Lipinski definition) is 1. The minimum absolute atomic E-state index is 0.0263. The number of rotatable bonds is 4. The molecule has 0 bridgehead atoms. The fourth-order valence-electron chi connectivity index (χ4n) is 3.24. The average molecular weight is 389 g/mol. The zero-order chi connectivity index (χ0) is 19.7. The summed E-state index contributed by atoms with van der Waals surface area (Å²) in [6, 6.07) is 15.5. The number of carbonyl (C=O) groups excluding carboxylic acids is 1. The van der Waals surface area contributed by atoms with Crippen LogP contribution in [-0.4, -0.2) is 15.3 Å². The van der Waals surface area contributed by atoms with Crippen molar-refractivity contribution in [2.45, 2.75) is 20.3 Å². The molecular weight excluding hydrogens is 370 g/mol. The summed E-state index contributed by atoms with van der Waals surface area (Å²) in [6.07, 6.45) is 2.15. The molecule has 0 atom stereocenters. The van der Waals surface area contributed by atoms with Crippen LogP contribution in [0, 0.1) is 6.92 Å². The molecule has 0 fully saturated rings. The summed E-state index contributed by atoms with van der Waals surface area (Å²) in [6.45, 7) is 3.97. The molecule has 4 rings (SSSR count). The van der Waals surface area contributed by atoms with Crippen LogP contribution in [0.15, 0.2) is 64.9 Å². The highest BCUT2D eigenvalue weighted by molar-refractivity contribution is 7.15. The molecular formula is C22H19N3O2S. The van der Waals surface area contributed by atoms with Gasteiger partial charge in [0, 0.05) is 17.3 Å². The maximum atomic E-state index is 13.1. The highest BCUT2D eigenvalue weighted by Gasteiger charge is 2.18. The van der Waals surface area contributed by atoms with Crippen molar-refractivity contribution >= 4 is 27.9 Å². The van der Waals surface area contributed by atoms with E-state index in [1.165, 1.54) is 21.9 Å². The minimum atomic E-state index is -0.443. The van der Waals surface area contributed by atoms with Crippen molar-refractivity contribution in [2.75, 3.05) is 5.32 Å². The number of aryl methyl sites for hydroxylation is 2. The van der Waals surface area contributed by atoms with Crippen molar-refractivity contribution in [2.24, 2.45) is 0 Å². The van der Waals surface area contributed by atoms with Crippen LogP contribution in [-0.2, 0) is 6.42 Å². The normalized spacial score (nSPS) is 10.9. The third kappa shape index (κ3) is 3.12. The summed E-state index contributed by atoms with van der Waals surface area (Å²) < 4.78 is 1.51. The number of nitrogens with one attached hydrogen (secondary N) is 1. The SMILES string of the molecule is CCc1cccc(C)c1NC(=O)c1cnc2scc(-c3ccccc3)n2c1=O. The van der Waals surface area contributed by atoms with Gasteiger partial charge in [-0.05, 0) is 30.0 Å². The van der Waals surface area contributed by atoms with Crippen LogP contribution >= 0.6 is 11.3 Å². The largest absolute Gasteiger partial charge is 0.321 e. The van der Waals surface area contributed by atoms with E-state index >= 15 is 0 Å². The molecule has 0 aliphatic heterocycles. The standard InChI is InChI=1S/C22H19N3O2S/c1-3-15-11-7-8-14(2)19(15)24-20(26)17-12-23-22-25(21(17)27)18(13-28-22)16-9-5-4-6-10-16/h4-13H,3H2,1-2H3,(H,24,26). The van der Waals surface area contributed by atoms with Crippen molar-refractivity contribution in [3.05, 3.63) is 87.2 Å². The van der Waals surface area contributed by atoms with Gasteiger partial charge < -0.3 is 5.32 Å². The second-order valence-corrected chi connectivity index (χ2v) is 7.34. The highest BCUT2D eigenvalue weighted by atomic mass is 32.1.